The van der Waals surface area contributed by atoms with Crippen LogP contribution in [0.4, 0.5) is 0 Å². The normalized spacial score (nSPS) is 51.8. The van der Waals surface area contributed by atoms with Crippen molar-refractivity contribution in [2.75, 3.05) is 13.2 Å². The molecular weight excluding hydrogens is 220 g/mol. The summed E-state index contributed by atoms with van der Waals surface area (Å²) in [6.07, 6.45) is 4.64. The highest BCUT2D eigenvalue weighted by Gasteiger charge is 2.65. The van der Waals surface area contributed by atoms with Crippen LogP contribution < -0.4 is 0 Å². The third kappa shape index (κ3) is 1.40. The van der Waals surface area contributed by atoms with Gasteiger partial charge < -0.3 is 15.3 Å². The Balaban J connectivity index is 2.04. The summed E-state index contributed by atoms with van der Waals surface area (Å²) in [5, 5.41) is 28.9. The first-order valence-corrected chi connectivity index (χ1v) is 6.42. The van der Waals surface area contributed by atoms with E-state index >= 15 is 0 Å². The molecule has 96 valence electrons. The van der Waals surface area contributed by atoms with E-state index in [4.69, 9.17) is 0 Å². The molecule has 0 spiro atoms. The van der Waals surface area contributed by atoms with Crippen LogP contribution in [0.5, 0.6) is 0 Å². The van der Waals surface area contributed by atoms with Gasteiger partial charge in [0.15, 0.2) is 0 Å². The van der Waals surface area contributed by atoms with E-state index in [0.29, 0.717) is 18.8 Å². The molecule has 0 saturated heterocycles. The van der Waals surface area contributed by atoms with Crippen LogP contribution in [0.3, 0.4) is 0 Å². The minimum Gasteiger partial charge on any atom is -0.481 e. The second kappa shape index (κ2) is 3.23. The van der Waals surface area contributed by atoms with Crippen molar-refractivity contribution in [2.24, 2.45) is 22.2 Å². The Labute approximate surface area is 101 Å². The van der Waals surface area contributed by atoms with Crippen molar-refractivity contribution in [3.63, 3.8) is 0 Å². The summed E-state index contributed by atoms with van der Waals surface area (Å²) >= 11 is 0. The summed E-state index contributed by atoms with van der Waals surface area (Å²) in [5.41, 5.74) is -1.15. The fourth-order valence-electron chi connectivity index (χ4n) is 5.44. The van der Waals surface area contributed by atoms with Crippen LogP contribution in [-0.4, -0.2) is 34.5 Å². The van der Waals surface area contributed by atoms with Gasteiger partial charge in [0.05, 0.1) is 5.41 Å². The SMILES string of the molecule is O=C(O)C12CC3CC(CO)(CC(CO)(C3)C1)C2. The fraction of sp³-hybridized carbons (Fsp3) is 0.923. The predicted octanol–water partition coefficient (Wildman–Crippen LogP) is 1.01. The van der Waals surface area contributed by atoms with Crippen LogP contribution >= 0.6 is 0 Å². The Morgan fingerprint density at radius 3 is 1.94 bits per heavy atom. The van der Waals surface area contributed by atoms with Crippen molar-refractivity contribution in [1.29, 1.82) is 0 Å². The standard InChI is InChI=1S/C13H20O4/c14-7-11-1-9-2-12(4-11,8-15)6-13(3-9,5-11)10(16)17/h9,14-15H,1-8H2,(H,16,17). The van der Waals surface area contributed by atoms with Crippen molar-refractivity contribution in [2.45, 2.75) is 38.5 Å². The van der Waals surface area contributed by atoms with Crippen molar-refractivity contribution in [3.05, 3.63) is 0 Å². The van der Waals surface area contributed by atoms with Gasteiger partial charge in [-0.1, -0.05) is 0 Å². The maximum Gasteiger partial charge on any atom is 0.309 e. The van der Waals surface area contributed by atoms with E-state index in [2.05, 4.69) is 0 Å². The molecule has 4 nitrogen and oxygen atoms in total. The first kappa shape index (κ1) is 11.5. The molecule has 4 aliphatic carbocycles. The van der Waals surface area contributed by atoms with Crippen LogP contribution in [0, 0.1) is 22.2 Å². The topological polar surface area (TPSA) is 77.8 Å². The summed E-state index contributed by atoms with van der Waals surface area (Å²) in [4.78, 5) is 11.6. The fourth-order valence-corrected chi connectivity index (χ4v) is 5.44. The second-order valence-electron chi connectivity index (χ2n) is 6.91. The summed E-state index contributed by atoms with van der Waals surface area (Å²) in [6.45, 7) is 0.139. The highest BCUT2D eigenvalue weighted by atomic mass is 16.4. The van der Waals surface area contributed by atoms with E-state index in [-0.39, 0.29) is 24.0 Å². The average molecular weight is 240 g/mol. The lowest BCUT2D eigenvalue weighted by Gasteiger charge is -2.64. The van der Waals surface area contributed by atoms with E-state index < -0.39 is 11.4 Å². The van der Waals surface area contributed by atoms with Crippen molar-refractivity contribution < 1.29 is 20.1 Å². The summed E-state index contributed by atoms with van der Waals surface area (Å²) in [7, 11) is 0. The molecule has 0 aromatic carbocycles. The Morgan fingerprint density at radius 1 is 1.00 bits per heavy atom. The Morgan fingerprint density at radius 2 is 1.53 bits per heavy atom. The van der Waals surface area contributed by atoms with E-state index in [1.165, 1.54) is 0 Å². The third-order valence-electron chi connectivity index (χ3n) is 5.42. The predicted molar refractivity (Wildman–Crippen MR) is 60.3 cm³/mol. The van der Waals surface area contributed by atoms with E-state index in [9.17, 15) is 20.1 Å². The molecule has 0 heterocycles. The van der Waals surface area contributed by atoms with Gasteiger partial charge in [-0.25, -0.2) is 0 Å². The third-order valence-corrected chi connectivity index (χ3v) is 5.42. The quantitative estimate of drug-likeness (QED) is 0.688. The molecule has 4 bridgehead atoms. The van der Waals surface area contributed by atoms with Gasteiger partial charge in [0.1, 0.15) is 0 Å². The molecule has 0 amide bonds. The lowest BCUT2D eigenvalue weighted by atomic mass is 9.40. The number of carbonyl (C=O) groups is 1. The number of carboxylic acids is 1. The van der Waals surface area contributed by atoms with Gasteiger partial charge >= 0.3 is 5.97 Å². The molecule has 3 N–H and O–H groups in total. The number of aliphatic hydroxyl groups excluding tert-OH is 2. The minimum absolute atomic E-state index is 0.0697. The van der Waals surface area contributed by atoms with Gasteiger partial charge in [-0.2, -0.15) is 0 Å². The van der Waals surface area contributed by atoms with Gasteiger partial charge in [-0.3, -0.25) is 4.79 Å². The first-order chi connectivity index (χ1) is 7.97. The molecule has 4 rings (SSSR count). The van der Waals surface area contributed by atoms with Gasteiger partial charge in [-0.15, -0.1) is 0 Å². The number of rotatable bonds is 3. The number of aliphatic carboxylic acids is 1. The zero-order chi connectivity index (χ0) is 12.3. The molecule has 2 atom stereocenters. The largest absolute Gasteiger partial charge is 0.481 e. The highest BCUT2D eigenvalue weighted by Crippen LogP contribution is 2.69. The summed E-state index contributed by atoms with van der Waals surface area (Å²) in [5.74, 6) is -0.348. The monoisotopic (exact) mass is 240 g/mol. The van der Waals surface area contributed by atoms with E-state index in [1.807, 2.05) is 0 Å². The number of carboxylic acid groups (broad SMARTS) is 1. The number of aliphatic hydroxyl groups is 2. The minimum atomic E-state index is -0.725. The molecule has 17 heavy (non-hydrogen) atoms. The van der Waals surface area contributed by atoms with Crippen molar-refractivity contribution in [3.8, 4) is 0 Å². The van der Waals surface area contributed by atoms with Gasteiger partial charge in [0, 0.05) is 13.2 Å². The summed E-state index contributed by atoms with van der Waals surface area (Å²) < 4.78 is 0. The maximum absolute atomic E-state index is 11.6. The van der Waals surface area contributed by atoms with Crippen molar-refractivity contribution in [1.82, 2.24) is 0 Å². The molecule has 4 fully saturated rings. The zero-order valence-corrected chi connectivity index (χ0v) is 9.98. The van der Waals surface area contributed by atoms with E-state index in [1.54, 1.807) is 0 Å². The van der Waals surface area contributed by atoms with Crippen molar-refractivity contribution >= 4 is 5.97 Å². The molecule has 4 aliphatic rings. The maximum atomic E-state index is 11.6. The molecule has 0 radical (unpaired) electrons. The van der Waals surface area contributed by atoms with Crippen LogP contribution in [-0.2, 0) is 4.79 Å². The molecule has 0 aliphatic heterocycles. The Hall–Kier alpha value is -0.610. The number of hydrogen-bond donors (Lipinski definition) is 3. The van der Waals surface area contributed by atoms with Gasteiger partial charge in [0.2, 0.25) is 0 Å². The lowest BCUT2D eigenvalue weighted by Crippen LogP contribution is -2.61. The van der Waals surface area contributed by atoms with Gasteiger partial charge in [0.25, 0.3) is 0 Å². The smallest absolute Gasteiger partial charge is 0.309 e. The first-order valence-electron chi connectivity index (χ1n) is 6.42. The Bertz CT molecular complexity index is 344. The molecule has 2 unspecified atom stereocenters. The van der Waals surface area contributed by atoms with E-state index in [0.717, 1.165) is 25.7 Å². The molecular formula is C13H20O4. The van der Waals surface area contributed by atoms with Crippen LogP contribution in [0.1, 0.15) is 38.5 Å². The van der Waals surface area contributed by atoms with Crippen LogP contribution in [0.2, 0.25) is 0 Å². The number of hydrogen-bond acceptors (Lipinski definition) is 3. The van der Waals surface area contributed by atoms with Gasteiger partial charge in [-0.05, 0) is 55.3 Å². The van der Waals surface area contributed by atoms with Crippen LogP contribution in [0.25, 0.3) is 0 Å². The average Bonchev–Trinajstić information content (AvgIpc) is 2.27. The Kier molecular flexibility index (Phi) is 2.18. The molecule has 0 aromatic rings. The molecule has 4 heteroatoms. The van der Waals surface area contributed by atoms with Crippen LogP contribution in [0.15, 0.2) is 0 Å². The molecule has 4 saturated carbocycles. The highest BCUT2D eigenvalue weighted by molar-refractivity contribution is 5.75. The second-order valence-corrected chi connectivity index (χ2v) is 6.91. The summed E-state index contributed by atoms with van der Waals surface area (Å²) in [6, 6.07) is 0. The zero-order valence-electron chi connectivity index (χ0n) is 9.98. The molecule has 0 aromatic heterocycles. The lowest BCUT2D eigenvalue weighted by molar-refractivity contribution is -0.203.